The second-order valence-electron chi connectivity index (χ2n) is 6.33. The Bertz CT molecular complexity index is 977. The van der Waals surface area contributed by atoms with Gasteiger partial charge in [-0.3, -0.25) is 4.79 Å². The highest BCUT2D eigenvalue weighted by molar-refractivity contribution is 9.10. The van der Waals surface area contributed by atoms with Gasteiger partial charge in [0.2, 0.25) is 5.90 Å². The summed E-state index contributed by atoms with van der Waals surface area (Å²) in [5.41, 5.74) is 1.54. The van der Waals surface area contributed by atoms with Gasteiger partial charge in [-0.25, -0.2) is 9.79 Å². The molecular formula is C21H18BrNO5. The number of ether oxygens (including phenoxy) is 3. The monoisotopic (exact) mass is 443 g/mol. The number of esters is 2. The Morgan fingerprint density at radius 1 is 1.14 bits per heavy atom. The summed E-state index contributed by atoms with van der Waals surface area (Å²) in [5.74, 6) is -0.202. The summed E-state index contributed by atoms with van der Waals surface area (Å²) in [6, 6.07) is 12.3. The summed E-state index contributed by atoms with van der Waals surface area (Å²) in [6.07, 6.45) is 1.59. The van der Waals surface area contributed by atoms with Crippen LogP contribution in [0, 0.1) is 5.92 Å². The van der Waals surface area contributed by atoms with Gasteiger partial charge < -0.3 is 14.2 Å². The van der Waals surface area contributed by atoms with E-state index in [1.807, 2.05) is 12.1 Å². The first-order valence-corrected chi connectivity index (χ1v) is 9.35. The highest BCUT2D eigenvalue weighted by Gasteiger charge is 2.24. The molecule has 0 atom stereocenters. The van der Waals surface area contributed by atoms with E-state index in [0.29, 0.717) is 22.6 Å². The number of hydrogen-bond donors (Lipinski definition) is 0. The van der Waals surface area contributed by atoms with Crippen LogP contribution in [0.4, 0.5) is 0 Å². The third kappa shape index (κ3) is 4.48. The van der Waals surface area contributed by atoms with E-state index in [4.69, 9.17) is 14.2 Å². The van der Waals surface area contributed by atoms with Crippen molar-refractivity contribution in [1.29, 1.82) is 0 Å². The molecule has 0 saturated heterocycles. The van der Waals surface area contributed by atoms with E-state index in [0.717, 1.165) is 4.47 Å². The van der Waals surface area contributed by atoms with Crippen molar-refractivity contribution in [3.63, 3.8) is 0 Å². The fourth-order valence-corrected chi connectivity index (χ4v) is 2.63. The fraction of sp³-hybridized carbons (Fsp3) is 0.190. The predicted molar refractivity (Wildman–Crippen MR) is 108 cm³/mol. The van der Waals surface area contributed by atoms with Gasteiger partial charge in [-0.05, 0) is 48.0 Å². The van der Waals surface area contributed by atoms with Crippen LogP contribution in [-0.2, 0) is 14.3 Å². The van der Waals surface area contributed by atoms with E-state index in [-0.39, 0.29) is 23.5 Å². The molecular weight excluding hydrogens is 426 g/mol. The summed E-state index contributed by atoms with van der Waals surface area (Å²) in [5, 5.41) is 0. The third-order valence-electron chi connectivity index (χ3n) is 3.88. The molecule has 0 aromatic heterocycles. The molecule has 1 aliphatic heterocycles. The number of aliphatic imine (C=N–C) groups is 1. The van der Waals surface area contributed by atoms with Gasteiger partial charge in [-0.1, -0.05) is 35.8 Å². The second-order valence-corrected chi connectivity index (χ2v) is 7.24. The van der Waals surface area contributed by atoms with Crippen molar-refractivity contribution in [3.05, 3.63) is 63.8 Å². The van der Waals surface area contributed by atoms with E-state index in [1.54, 1.807) is 50.3 Å². The highest BCUT2D eigenvalue weighted by atomic mass is 79.9. The summed E-state index contributed by atoms with van der Waals surface area (Å²) in [6.45, 7) is 3.50. The van der Waals surface area contributed by atoms with E-state index < -0.39 is 5.97 Å². The smallest absolute Gasteiger partial charge is 0.363 e. The number of hydrogen-bond acceptors (Lipinski definition) is 6. The second kappa shape index (κ2) is 8.39. The van der Waals surface area contributed by atoms with Crippen molar-refractivity contribution in [2.24, 2.45) is 10.9 Å². The molecule has 0 N–H and O–H groups in total. The first-order valence-electron chi connectivity index (χ1n) is 8.55. The topological polar surface area (TPSA) is 74.2 Å². The Morgan fingerprint density at radius 2 is 1.86 bits per heavy atom. The maximum absolute atomic E-state index is 12.2. The molecule has 2 aromatic rings. The van der Waals surface area contributed by atoms with Gasteiger partial charge in [0.05, 0.1) is 13.0 Å². The maximum atomic E-state index is 12.2. The molecule has 1 aliphatic rings. The number of benzene rings is 2. The van der Waals surface area contributed by atoms with Crippen LogP contribution in [0.5, 0.6) is 11.5 Å². The minimum Gasteiger partial charge on any atom is -0.493 e. The lowest BCUT2D eigenvalue weighted by atomic mass is 10.1. The van der Waals surface area contributed by atoms with Gasteiger partial charge in [0.15, 0.2) is 17.2 Å². The molecule has 0 bridgehead atoms. The average Bonchev–Trinajstić information content (AvgIpc) is 3.03. The van der Waals surface area contributed by atoms with Crippen LogP contribution in [0.3, 0.4) is 0 Å². The number of methoxy groups -OCH3 is 1. The van der Waals surface area contributed by atoms with Crippen molar-refractivity contribution in [3.8, 4) is 11.5 Å². The SMILES string of the molecule is COc1cc(/C=C2\N=C(c3ccc(Br)cc3)OC2=O)ccc1OC(=O)C(C)C. The lowest BCUT2D eigenvalue weighted by molar-refractivity contribution is -0.137. The zero-order valence-corrected chi connectivity index (χ0v) is 17.1. The van der Waals surface area contributed by atoms with Gasteiger partial charge >= 0.3 is 11.9 Å². The van der Waals surface area contributed by atoms with E-state index in [1.165, 1.54) is 7.11 Å². The normalized spacial score (nSPS) is 14.8. The fourth-order valence-electron chi connectivity index (χ4n) is 2.37. The van der Waals surface area contributed by atoms with Crippen LogP contribution in [0.25, 0.3) is 6.08 Å². The minimum atomic E-state index is -0.535. The molecule has 28 heavy (non-hydrogen) atoms. The zero-order chi connectivity index (χ0) is 20.3. The molecule has 1 heterocycles. The molecule has 0 fully saturated rings. The molecule has 3 rings (SSSR count). The lowest BCUT2D eigenvalue weighted by Crippen LogP contribution is -2.15. The van der Waals surface area contributed by atoms with Crippen LogP contribution in [0.1, 0.15) is 25.0 Å². The molecule has 2 aromatic carbocycles. The van der Waals surface area contributed by atoms with Gasteiger partial charge in [-0.15, -0.1) is 0 Å². The molecule has 0 saturated carbocycles. The van der Waals surface area contributed by atoms with Crippen LogP contribution in [-0.4, -0.2) is 24.9 Å². The molecule has 0 amide bonds. The lowest BCUT2D eigenvalue weighted by Gasteiger charge is -2.11. The number of carbonyl (C=O) groups excluding carboxylic acids is 2. The van der Waals surface area contributed by atoms with Crippen molar-refractivity contribution < 1.29 is 23.8 Å². The predicted octanol–water partition coefficient (Wildman–Crippen LogP) is 4.36. The zero-order valence-electron chi connectivity index (χ0n) is 15.6. The number of rotatable bonds is 5. The summed E-state index contributed by atoms with van der Waals surface area (Å²) in [4.78, 5) is 28.2. The standard InChI is InChI=1S/C21H18BrNO5/c1-12(2)20(24)27-17-9-4-13(11-18(17)26-3)10-16-21(25)28-19(23-16)14-5-7-15(22)8-6-14/h4-12H,1-3H3/b16-10-. The van der Waals surface area contributed by atoms with Gasteiger partial charge in [-0.2, -0.15) is 0 Å². The number of halogens is 1. The Balaban J connectivity index is 1.87. The Morgan fingerprint density at radius 3 is 2.50 bits per heavy atom. The van der Waals surface area contributed by atoms with Crippen LogP contribution in [0.2, 0.25) is 0 Å². The third-order valence-corrected chi connectivity index (χ3v) is 4.41. The molecule has 0 aliphatic carbocycles. The van der Waals surface area contributed by atoms with Crippen molar-refractivity contribution >= 4 is 39.8 Å². The van der Waals surface area contributed by atoms with Gasteiger partial charge in [0.1, 0.15) is 0 Å². The summed E-state index contributed by atoms with van der Waals surface area (Å²) < 4.78 is 16.8. The number of nitrogens with zero attached hydrogens (tertiary/aromatic N) is 1. The molecule has 7 heteroatoms. The van der Waals surface area contributed by atoms with Crippen molar-refractivity contribution in [2.45, 2.75) is 13.8 Å². The molecule has 144 valence electrons. The van der Waals surface area contributed by atoms with Crippen molar-refractivity contribution in [2.75, 3.05) is 7.11 Å². The van der Waals surface area contributed by atoms with E-state index >= 15 is 0 Å². The Labute approximate surface area is 171 Å². The van der Waals surface area contributed by atoms with Crippen LogP contribution in [0.15, 0.2) is 57.6 Å². The van der Waals surface area contributed by atoms with E-state index in [9.17, 15) is 9.59 Å². The number of cyclic esters (lactones) is 1. The largest absolute Gasteiger partial charge is 0.493 e. The Hall–Kier alpha value is -2.93. The quantitative estimate of drug-likeness (QED) is 0.389. The average molecular weight is 444 g/mol. The van der Waals surface area contributed by atoms with Gasteiger partial charge in [0.25, 0.3) is 0 Å². The Kier molecular flexibility index (Phi) is 5.94. The molecule has 0 spiro atoms. The first kappa shape index (κ1) is 19.8. The maximum Gasteiger partial charge on any atom is 0.363 e. The minimum absolute atomic E-state index is 0.173. The molecule has 6 nitrogen and oxygen atoms in total. The van der Waals surface area contributed by atoms with Crippen LogP contribution >= 0.6 is 15.9 Å². The van der Waals surface area contributed by atoms with E-state index in [2.05, 4.69) is 20.9 Å². The molecule has 0 unspecified atom stereocenters. The highest BCUT2D eigenvalue weighted by Crippen LogP contribution is 2.30. The summed E-state index contributed by atoms with van der Waals surface area (Å²) >= 11 is 3.36. The first-order chi connectivity index (χ1) is 13.4. The van der Waals surface area contributed by atoms with Crippen molar-refractivity contribution in [1.82, 2.24) is 0 Å². The number of carbonyl (C=O) groups is 2. The summed E-state index contributed by atoms with van der Waals surface area (Å²) in [7, 11) is 1.48. The van der Waals surface area contributed by atoms with Gasteiger partial charge in [0, 0.05) is 10.0 Å². The molecule has 0 radical (unpaired) electrons. The van der Waals surface area contributed by atoms with Crippen LogP contribution < -0.4 is 9.47 Å².